The number of hydrogen-bond acceptors (Lipinski definition) is 3. The molecular formula is C16H22Cl2N2O2. The minimum Gasteiger partial charge on any atom is -0.481 e. The highest BCUT2D eigenvalue weighted by molar-refractivity contribution is 6.42. The maximum Gasteiger partial charge on any atom is 0.263 e. The Hall–Kier alpha value is -0.970. The third kappa shape index (κ3) is 4.28. The van der Waals surface area contributed by atoms with E-state index in [2.05, 4.69) is 4.90 Å². The molecular weight excluding hydrogens is 323 g/mol. The number of rotatable bonds is 4. The molecule has 22 heavy (non-hydrogen) atoms. The van der Waals surface area contributed by atoms with Gasteiger partial charge in [0.05, 0.1) is 10.0 Å². The zero-order chi connectivity index (χ0) is 16.3. The van der Waals surface area contributed by atoms with Gasteiger partial charge in [0.1, 0.15) is 5.75 Å². The summed E-state index contributed by atoms with van der Waals surface area (Å²) >= 11 is 11.8. The van der Waals surface area contributed by atoms with Crippen LogP contribution in [0.15, 0.2) is 18.2 Å². The molecule has 6 heteroatoms. The lowest BCUT2D eigenvalue weighted by molar-refractivity contribution is -0.139. The van der Waals surface area contributed by atoms with Gasteiger partial charge in [-0.25, -0.2) is 0 Å². The van der Waals surface area contributed by atoms with E-state index >= 15 is 0 Å². The lowest BCUT2D eigenvalue weighted by atomic mass is 10.0. The van der Waals surface area contributed by atoms with E-state index in [1.807, 2.05) is 19.0 Å². The van der Waals surface area contributed by atoms with Crippen LogP contribution < -0.4 is 4.74 Å². The lowest BCUT2D eigenvalue weighted by Crippen LogP contribution is -2.50. The normalized spacial score (nSPS) is 20.1. The minimum atomic E-state index is -0.543. The van der Waals surface area contributed by atoms with Crippen LogP contribution in [0, 0.1) is 0 Å². The van der Waals surface area contributed by atoms with E-state index in [0.717, 1.165) is 25.9 Å². The summed E-state index contributed by atoms with van der Waals surface area (Å²) in [5.41, 5.74) is 0. The molecule has 1 heterocycles. The van der Waals surface area contributed by atoms with Gasteiger partial charge in [-0.1, -0.05) is 23.2 Å². The Morgan fingerprint density at radius 1 is 1.36 bits per heavy atom. The fourth-order valence-electron chi connectivity index (χ4n) is 2.64. The summed E-state index contributed by atoms with van der Waals surface area (Å²) in [6.07, 6.45) is 1.60. The topological polar surface area (TPSA) is 32.8 Å². The van der Waals surface area contributed by atoms with E-state index in [9.17, 15) is 4.79 Å². The van der Waals surface area contributed by atoms with Crippen molar-refractivity contribution in [3.8, 4) is 5.75 Å². The number of nitrogens with zero attached hydrogens (tertiary/aromatic N) is 2. The van der Waals surface area contributed by atoms with Crippen molar-refractivity contribution in [3.63, 3.8) is 0 Å². The molecule has 122 valence electrons. The Morgan fingerprint density at radius 3 is 2.73 bits per heavy atom. The van der Waals surface area contributed by atoms with Gasteiger partial charge >= 0.3 is 0 Å². The summed E-state index contributed by atoms with van der Waals surface area (Å²) in [4.78, 5) is 16.6. The molecule has 2 rings (SSSR count). The number of ether oxygens (including phenoxy) is 1. The third-order valence-corrected chi connectivity index (χ3v) is 4.73. The predicted molar refractivity (Wildman–Crippen MR) is 89.8 cm³/mol. The first-order chi connectivity index (χ1) is 10.4. The Balaban J connectivity index is 1.97. The molecule has 0 spiro atoms. The van der Waals surface area contributed by atoms with Crippen molar-refractivity contribution in [2.24, 2.45) is 0 Å². The number of hydrogen-bond donors (Lipinski definition) is 0. The van der Waals surface area contributed by atoms with Crippen molar-refractivity contribution in [1.29, 1.82) is 0 Å². The molecule has 0 N–H and O–H groups in total. The molecule has 0 saturated carbocycles. The van der Waals surface area contributed by atoms with Gasteiger partial charge < -0.3 is 14.5 Å². The summed E-state index contributed by atoms with van der Waals surface area (Å²) < 4.78 is 5.71. The molecule has 1 aromatic carbocycles. The van der Waals surface area contributed by atoms with Gasteiger partial charge in [-0.05, 0) is 46.0 Å². The van der Waals surface area contributed by atoms with Crippen molar-refractivity contribution in [2.75, 3.05) is 27.2 Å². The predicted octanol–water partition coefficient (Wildman–Crippen LogP) is 3.31. The molecule has 1 aromatic rings. The standard InChI is InChI=1S/C16H22Cl2N2O2/c1-11(22-13-6-7-14(17)15(18)9-13)16(21)20-8-4-5-12(10-20)19(2)3/h6-7,9,11-12H,4-5,8,10H2,1-3H3. The molecule has 0 aromatic heterocycles. The van der Waals surface area contributed by atoms with Gasteiger partial charge in [0.25, 0.3) is 5.91 Å². The van der Waals surface area contributed by atoms with Crippen LogP contribution in [0.1, 0.15) is 19.8 Å². The van der Waals surface area contributed by atoms with E-state index < -0.39 is 6.10 Å². The zero-order valence-electron chi connectivity index (χ0n) is 13.2. The number of benzene rings is 1. The number of halogens is 2. The van der Waals surface area contributed by atoms with E-state index in [0.29, 0.717) is 21.8 Å². The second-order valence-electron chi connectivity index (χ2n) is 5.88. The second-order valence-corrected chi connectivity index (χ2v) is 6.69. The Kier molecular flexibility index (Phi) is 5.95. The Bertz CT molecular complexity index is 537. The van der Waals surface area contributed by atoms with Crippen molar-refractivity contribution in [2.45, 2.75) is 31.9 Å². The van der Waals surface area contributed by atoms with Crippen LogP contribution in [0.2, 0.25) is 10.0 Å². The number of likely N-dealkylation sites (N-methyl/N-ethyl adjacent to an activating group) is 1. The molecule has 2 unspecified atom stereocenters. The third-order valence-electron chi connectivity index (χ3n) is 3.99. The van der Waals surface area contributed by atoms with Gasteiger partial charge in [0.2, 0.25) is 0 Å². The molecule has 1 aliphatic heterocycles. The minimum absolute atomic E-state index is 0.0117. The second kappa shape index (κ2) is 7.53. The lowest BCUT2D eigenvalue weighted by Gasteiger charge is -2.37. The smallest absolute Gasteiger partial charge is 0.263 e. The summed E-state index contributed by atoms with van der Waals surface area (Å²) in [6, 6.07) is 5.43. The first kappa shape index (κ1) is 17.4. The highest BCUT2D eigenvalue weighted by atomic mass is 35.5. The van der Waals surface area contributed by atoms with Crippen LogP contribution >= 0.6 is 23.2 Å². The fourth-order valence-corrected chi connectivity index (χ4v) is 2.93. The van der Waals surface area contributed by atoms with Gasteiger partial charge in [-0.3, -0.25) is 4.79 Å². The van der Waals surface area contributed by atoms with E-state index in [-0.39, 0.29) is 5.91 Å². The van der Waals surface area contributed by atoms with Gasteiger partial charge in [0.15, 0.2) is 6.10 Å². The van der Waals surface area contributed by atoms with Crippen molar-refractivity contribution in [1.82, 2.24) is 9.80 Å². The summed E-state index contributed by atoms with van der Waals surface area (Å²) in [5, 5.41) is 0.891. The van der Waals surface area contributed by atoms with E-state index in [4.69, 9.17) is 27.9 Å². The average molecular weight is 345 g/mol. The van der Waals surface area contributed by atoms with Gasteiger partial charge in [-0.15, -0.1) is 0 Å². The van der Waals surface area contributed by atoms with Crippen LogP contribution in [0.25, 0.3) is 0 Å². The first-order valence-electron chi connectivity index (χ1n) is 7.45. The number of amides is 1. The number of carbonyl (C=O) groups excluding carboxylic acids is 1. The van der Waals surface area contributed by atoms with Crippen LogP contribution in [-0.2, 0) is 4.79 Å². The number of piperidine rings is 1. The molecule has 2 atom stereocenters. The Labute approximate surface area is 141 Å². The van der Waals surface area contributed by atoms with Crippen molar-refractivity contribution in [3.05, 3.63) is 28.2 Å². The highest BCUT2D eigenvalue weighted by Crippen LogP contribution is 2.27. The van der Waals surface area contributed by atoms with Crippen LogP contribution in [0.4, 0.5) is 0 Å². The largest absolute Gasteiger partial charge is 0.481 e. The van der Waals surface area contributed by atoms with Gasteiger partial charge in [0, 0.05) is 25.2 Å². The molecule has 0 aliphatic carbocycles. The molecule has 1 amide bonds. The van der Waals surface area contributed by atoms with Crippen LogP contribution in [0.3, 0.4) is 0 Å². The zero-order valence-corrected chi connectivity index (χ0v) is 14.7. The number of carbonyl (C=O) groups is 1. The van der Waals surface area contributed by atoms with Gasteiger partial charge in [-0.2, -0.15) is 0 Å². The molecule has 0 radical (unpaired) electrons. The van der Waals surface area contributed by atoms with Crippen LogP contribution in [0.5, 0.6) is 5.75 Å². The maximum atomic E-state index is 12.5. The monoisotopic (exact) mass is 344 g/mol. The fraction of sp³-hybridized carbons (Fsp3) is 0.562. The molecule has 4 nitrogen and oxygen atoms in total. The van der Waals surface area contributed by atoms with E-state index in [1.54, 1.807) is 25.1 Å². The highest BCUT2D eigenvalue weighted by Gasteiger charge is 2.28. The molecule has 1 saturated heterocycles. The van der Waals surface area contributed by atoms with Crippen molar-refractivity contribution >= 4 is 29.1 Å². The van der Waals surface area contributed by atoms with E-state index in [1.165, 1.54) is 0 Å². The molecule has 1 aliphatic rings. The average Bonchev–Trinajstić information content (AvgIpc) is 2.50. The quantitative estimate of drug-likeness (QED) is 0.839. The SMILES string of the molecule is CC(Oc1ccc(Cl)c(Cl)c1)C(=O)N1CCCC(N(C)C)C1. The molecule has 1 fully saturated rings. The number of likely N-dealkylation sites (tertiary alicyclic amines) is 1. The summed E-state index contributed by atoms with van der Waals surface area (Å²) in [7, 11) is 4.10. The maximum absolute atomic E-state index is 12.5. The summed E-state index contributed by atoms with van der Waals surface area (Å²) in [5.74, 6) is 0.564. The molecule has 0 bridgehead atoms. The first-order valence-corrected chi connectivity index (χ1v) is 8.21. The van der Waals surface area contributed by atoms with Crippen molar-refractivity contribution < 1.29 is 9.53 Å². The summed E-state index contributed by atoms with van der Waals surface area (Å²) in [6.45, 7) is 3.31. The Morgan fingerprint density at radius 2 is 2.09 bits per heavy atom. The van der Waals surface area contributed by atoms with Crippen LogP contribution in [-0.4, -0.2) is 55.0 Å².